The average molecular weight is 414 g/mol. The molecule has 3 aromatic carbocycles. The molecule has 156 valence electrons. The lowest BCUT2D eigenvalue weighted by Crippen LogP contribution is -2.32. The van der Waals surface area contributed by atoms with Crippen LogP contribution in [0.1, 0.15) is 13.8 Å². The lowest BCUT2D eigenvalue weighted by molar-refractivity contribution is -0.632. The molecule has 4 aromatic rings. The predicted octanol–water partition coefficient (Wildman–Crippen LogP) is 5.01. The Morgan fingerprint density at radius 1 is 0.871 bits per heavy atom. The van der Waals surface area contributed by atoms with Crippen LogP contribution in [0.15, 0.2) is 66.7 Å². The van der Waals surface area contributed by atoms with Crippen molar-refractivity contribution in [1.82, 2.24) is 0 Å². The number of carbonyl (C=O) groups is 2. The third-order valence-corrected chi connectivity index (χ3v) is 5.17. The summed E-state index contributed by atoms with van der Waals surface area (Å²) in [5.74, 6) is -0.104. The van der Waals surface area contributed by atoms with Crippen molar-refractivity contribution < 1.29 is 18.9 Å². The fraction of sp³-hybridized carbons (Fsp3) is 0.160. The molecule has 2 N–H and O–H groups in total. The highest BCUT2D eigenvalue weighted by Crippen LogP contribution is 2.32. The Morgan fingerprint density at radius 2 is 1.55 bits per heavy atom. The van der Waals surface area contributed by atoms with Crippen LogP contribution in [0.25, 0.3) is 32.9 Å². The third kappa shape index (κ3) is 4.05. The van der Waals surface area contributed by atoms with Gasteiger partial charge in [-0.25, -0.2) is 4.79 Å². The van der Waals surface area contributed by atoms with Crippen LogP contribution < -0.4 is 15.2 Å². The van der Waals surface area contributed by atoms with Crippen molar-refractivity contribution in [3.8, 4) is 11.3 Å². The number of aryl methyl sites for hydroxylation is 1. The first kappa shape index (κ1) is 20.3. The summed E-state index contributed by atoms with van der Waals surface area (Å²) in [5, 5.41) is 8.95. The summed E-state index contributed by atoms with van der Waals surface area (Å²) in [6.45, 7) is 3.59. The fourth-order valence-corrected chi connectivity index (χ4v) is 3.89. The molecule has 0 bridgehead atoms. The van der Waals surface area contributed by atoms with E-state index in [1.165, 1.54) is 6.92 Å². The molecule has 0 radical (unpaired) electrons. The van der Waals surface area contributed by atoms with Gasteiger partial charge >= 0.3 is 6.09 Å². The van der Waals surface area contributed by atoms with E-state index >= 15 is 0 Å². The molecule has 0 aliphatic heterocycles. The highest BCUT2D eigenvalue weighted by molar-refractivity contribution is 6.09. The average Bonchev–Trinajstić information content (AvgIpc) is 2.75. The molecule has 0 unspecified atom stereocenters. The van der Waals surface area contributed by atoms with Gasteiger partial charge in [-0.15, -0.1) is 0 Å². The number of benzene rings is 3. The maximum Gasteiger partial charge on any atom is 0.411 e. The molecule has 1 heterocycles. The Labute approximate surface area is 180 Å². The van der Waals surface area contributed by atoms with Crippen molar-refractivity contribution in [1.29, 1.82) is 0 Å². The van der Waals surface area contributed by atoms with Crippen molar-refractivity contribution in [3.63, 3.8) is 0 Å². The van der Waals surface area contributed by atoms with E-state index in [2.05, 4.69) is 27.3 Å². The molecule has 0 aliphatic carbocycles. The van der Waals surface area contributed by atoms with Gasteiger partial charge in [0.15, 0.2) is 0 Å². The van der Waals surface area contributed by atoms with Crippen LogP contribution in [-0.2, 0) is 16.6 Å². The molecule has 31 heavy (non-hydrogen) atoms. The number of anilines is 2. The smallest absolute Gasteiger partial charge is 0.411 e. The minimum atomic E-state index is -0.470. The van der Waals surface area contributed by atoms with Gasteiger partial charge in [-0.1, -0.05) is 18.2 Å². The van der Waals surface area contributed by atoms with Gasteiger partial charge < -0.3 is 10.1 Å². The standard InChI is InChI=1S/C25H23N3O3/c1-4-31-25(30)27-18-11-9-17(10-12-18)24-22-8-6-5-7-20(22)21-14-13-19(26-16(2)29)15-23(21)28(24)3/h5-15H,4H2,1-3H3,(H,26,27,29,30)/p+1. The Morgan fingerprint density at radius 3 is 2.23 bits per heavy atom. The van der Waals surface area contributed by atoms with Crippen LogP contribution in [0.5, 0.6) is 0 Å². The van der Waals surface area contributed by atoms with E-state index in [1.54, 1.807) is 6.92 Å². The number of rotatable bonds is 4. The number of aromatic nitrogens is 1. The van der Waals surface area contributed by atoms with Crippen molar-refractivity contribution in [3.05, 3.63) is 66.7 Å². The summed E-state index contributed by atoms with van der Waals surface area (Å²) in [6, 6.07) is 21.9. The molecule has 0 spiro atoms. The van der Waals surface area contributed by atoms with Crippen LogP contribution in [0.3, 0.4) is 0 Å². The molecule has 6 nitrogen and oxygen atoms in total. The zero-order valence-corrected chi connectivity index (χ0v) is 17.7. The molecule has 0 saturated heterocycles. The predicted molar refractivity (Wildman–Crippen MR) is 123 cm³/mol. The first-order chi connectivity index (χ1) is 15.0. The van der Waals surface area contributed by atoms with Gasteiger partial charge in [0.05, 0.1) is 17.4 Å². The van der Waals surface area contributed by atoms with E-state index in [-0.39, 0.29) is 5.91 Å². The number of hydrogen-bond acceptors (Lipinski definition) is 3. The number of nitrogens with zero attached hydrogens (tertiary/aromatic N) is 1. The maximum atomic E-state index is 11.7. The van der Waals surface area contributed by atoms with Gasteiger partial charge in [-0.2, -0.15) is 4.57 Å². The SMILES string of the molecule is CCOC(=O)Nc1ccc(-c2c3ccccc3c3ccc(NC(C)=O)cc3[n+]2C)cc1. The molecule has 0 aliphatic rings. The number of nitrogens with one attached hydrogen (secondary N) is 2. The second kappa shape index (κ2) is 8.44. The van der Waals surface area contributed by atoms with Crippen molar-refractivity contribution in [2.45, 2.75) is 13.8 Å². The first-order valence-corrected chi connectivity index (χ1v) is 10.1. The van der Waals surface area contributed by atoms with E-state index < -0.39 is 6.09 Å². The highest BCUT2D eigenvalue weighted by Gasteiger charge is 2.21. The molecule has 4 rings (SSSR count). The Hall–Kier alpha value is -3.93. The molecule has 0 saturated carbocycles. The molecular weight excluding hydrogens is 390 g/mol. The van der Waals surface area contributed by atoms with Crippen molar-refractivity contribution in [2.75, 3.05) is 17.2 Å². The minimum absolute atomic E-state index is 0.104. The third-order valence-electron chi connectivity index (χ3n) is 5.17. The lowest BCUT2D eigenvalue weighted by atomic mass is 9.99. The summed E-state index contributed by atoms with van der Waals surface area (Å²) in [5.41, 5.74) is 4.49. The zero-order chi connectivity index (χ0) is 22.0. The molecule has 6 heteroatoms. The fourth-order valence-electron chi connectivity index (χ4n) is 3.89. The summed E-state index contributed by atoms with van der Waals surface area (Å²) in [4.78, 5) is 23.2. The van der Waals surface area contributed by atoms with E-state index in [0.717, 1.165) is 38.6 Å². The highest BCUT2D eigenvalue weighted by atomic mass is 16.5. The zero-order valence-electron chi connectivity index (χ0n) is 17.7. The van der Waals surface area contributed by atoms with Gasteiger partial charge in [0.2, 0.25) is 17.1 Å². The number of pyridine rings is 1. The summed E-state index contributed by atoms with van der Waals surface area (Å²) in [6.07, 6.45) is -0.470. The van der Waals surface area contributed by atoms with Gasteiger partial charge in [0, 0.05) is 35.3 Å². The normalized spacial score (nSPS) is 10.8. The second-order valence-electron chi connectivity index (χ2n) is 7.29. The Balaban J connectivity index is 1.87. The van der Waals surface area contributed by atoms with Crippen molar-refractivity contribution >= 4 is 45.1 Å². The first-order valence-electron chi connectivity index (χ1n) is 10.1. The maximum absolute atomic E-state index is 11.7. The molecule has 2 amide bonds. The Kier molecular flexibility index (Phi) is 5.54. The van der Waals surface area contributed by atoms with Crippen LogP contribution in [0.2, 0.25) is 0 Å². The minimum Gasteiger partial charge on any atom is -0.450 e. The number of carbonyl (C=O) groups excluding carboxylic acids is 2. The number of amides is 2. The molecule has 0 fully saturated rings. The molecule has 1 aromatic heterocycles. The molecule has 0 atom stereocenters. The second-order valence-corrected chi connectivity index (χ2v) is 7.29. The van der Waals surface area contributed by atoms with Crippen LogP contribution >= 0.6 is 0 Å². The largest absolute Gasteiger partial charge is 0.450 e. The topological polar surface area (TPSA) is 71.3 Å². The van der Waals surface area contributed by atoms with Gasteiger partial charge in [0.25, 0.3) is 0 Å². The van der Waals surface area contributed by atoms with E-state index in [0.29, 0.717) is 12.3 Å². The number of hydrogen-bond donors (Lipinski definition) is 2. The summed E-state index contributed by atoms with van der Waals surface area (Å²) >= 11 is 0. The number of ether oxygens (including phenoxy) is 1. The van der Waals surface area contributed by atoms with E-state index in [9.17, 15) is 9.59 Å². The Bertz CT molecular complexity index is 1300. The molecular formula is C25H24N3O3+. The van der Waals surface area contributed by atoms with Crippen molar-refractivity contribution in [2.24, 2.45) is 7.05 Å². The van der Waals surface area contributed by atoms with Crippen LogP contribution in [-0.4, -0.2) is 18.6 Å². The van der Waals surface area contributed by atoms with Crippen LogP contribution in [0.4, 0.5) is 16.2 Å². The quantitative estimate of drug-likeness (QED) is 0.364. The van der Waals surface area contributed by atoms with Gasteiger partial charge in [-0.05, 0) is 49.4 Å². The van der Waals surface area contributed by atoms with Gasteiger partial charge in [0.1, 0.15) is 7.05 Å². The summed E-state index contributed by atoms with van der Waals surface area (Å²) in [7, 11) is 2.02. The number of fused-ring (bicyclic) bond motifs is 3. The lowest BCUT2D eigenvalue weighted by Gasteiger charge is -2.11. The van der Waals surface area contributed by atoms with Gasteiger partial charge in [-0.3, -0.25) is 10.1 Å². The van der Waals surface area contributed by atoms with E-state index in [1.807, 2.05) is 61.6 Å². The van der Waals surface area contributed by atoms with Crippen LogP contribution in [0, 0.1) is 0 Å². The van der Waals surface area contributed by atoms with E-state index in [4.69, 9.17) is 4.74 Å². The monoisotopic (exact) mass is 414 g/mol. The summed E-state index contributed by atoms with van der Waals surface area (Å²) < 4.78 is 7.08.